The predicted octanol–water partition coefficient (Wildman–Crippen LogP) is 2.39. The molecule has 7 heteroatoms. The molecule has 0 radical (unpaired) electrons. The Balaban J connectivity index is 1.73. The van der Waals surface area contributed by atoms with E-state index in [1.165, 1.54) is 36.1 Å². The predicted molar refractivity (Wildman–Crippen MR) is 96.8 cm³/mol. The van der Waals surface area contributed by atoms with E-state index in [2.05, 4.69) is 17.2 Å². The quantitative estimate of drug-likeness (QED) is 0.816. The number of ether oxygens (including phenoxy) is 1. The second kappa shape index (κ2) is 7.79. The minimum absolute atomic E-state index is 0.0824. The number of phenols is 1. The van der Waals surface area contributed by atoms with Crippen molar-refractivity contribution in [2.24, 2.45) is 0 Å². The largest absolute Gasteiger partial charge is 0.508 e. The second-order valence-corrected chi connectivity index (χ2v) is 6.02. The summed E-state index contributed by atoms with van der Waals surface area (Å²) in [7, 11) is 0. The Kier molecular flexibility index (Phi) is 5.27. The summed E-state index contributed by atoms with van der Waals surface area (Å²) in [6.45, 7) is 1.79. The molecule has 1 atom stereocenters. The number of carbonyl (C=O) groups excluding carboxylic acids is 2. The number of anilines is 1. The van der Waals surface area contributed by atoms with E-state index in [4.69, 9.17) is 4.74 Å². The first-order valence-electron chi connectivity index (χ1n) is 8.25. The van der Waals surface area contributed by atoms with E-state index in [-0.39, 0.29) is 30.3 Å². The van der Waals surface area contributed by atoms with Gasteiger partial charge in [0.05, 0.1) is 24.3 Å². The molecule has 6 nitrogen and oxygen atoms in total. The Labute approximate surface area is 155 Å². The third-order valence-corrected chi connectivity index (χ3v) is 3.90. The molecule has 0 aromatic heterocycles. The maximum absolute atomic E-state index is 14.4. The van der Waals surface area contributed by atoms with Crippen LogP contribution in [0, 0.1) is 17.7 Å². The molecule has 1 fully saturated rings. The topological polar surface area (TPSA) is 78.9 Å². The summed E-state index contributed by atoms with van der Waals surface area (Å²) in [5, 5.41) is 12.0. The Morgan fingerprint density at radius 1 is 1.33 bits per heavy atom. The maximum Gasteiger partial charge on any atom is 0.414 e. The van der Waals surface area contributed by atoms with Crippen LogP contribution < -0.4 is 10.2 Å². The van der Waals surface area contributed by atoms with E-state index in [1.807, 2.05) is 0 Å². The van der Waals surface area contributed by atoms with Crippen LogP contribution in [0.1, 0.15) is 18.1 Å². The molecule has 2 aromatic rings. The molecule has 1 aliphatic rings. The lowest BCUT2D eigenvalue weighted by atomic mass is 10.1. The number of cyclic esters (lactones) is 1. The minimum Gasteiger partial charge on any atom is -0.508 e. The molecule has 0 unspecified atom stereocenters. The van der Waals surface area contributed by atoms with Crippen molar-refractivity contribution in [2.45, 2.75) is 13.0 Å². The van der Waals surface area contributed by atoms with Gasteiger partial charge in [-0.2, -0.15) is 0 Å². The number of nitrogens with one attached hydrogen (secondary N) is 1. The van der Waals surface area contributed by atoms with E-state index < -0.39 is 18.0 Å². The summed E-state index contributed by atoms with van der Waals surface area (Å²) in [5.41, 5.74) is 1.08. The zero-order chi connectivity index (χ0) is 19.4. The monoisotopic (exact) mass is 368 g/mol. The number of hydrogen-bond donors (Lipinski definition) is 2. The number of carbonyl (C=O) groups is 2. The summed E-state index contributed by atoms with van der Waals surface area (Å²) in [6.07, 6.45) is -1.09. The number of halogens is 1. The zero-order valence-corrected chi connectivity index (χ0v) is 14.5. The van der Waals surface area contributed by atoms with Gasteiger partial charge in [-0.15, -0.1) is 0 Å². The van der Waals surface area contributed by atoms with E-state index in [9.17, 15) is 19.1 Å². The van der Waals surface area contributed by atoms with E-state index in [0.717, 1.165) is 0 Å². The first-order chi connectivity index (χ1) is 12.9. The third-order valence-electron chi connectivity index (χ3n) is 3.90. The molecule has 3 rings (SSSR count). The van der Waals surface area contributed by atoms with Crippen molar-refractivity contribution >= 4 is 17.7 Å². The Bertz CT molecular complexity index is 948. The van der Waals surface area contributed by atoms with Crippen molar-refractivity contribution in [3.05, 3.63) is 59.4 Å². The SMILES string of the molecule is CC(=O)NC[C@H]1CN(c2ccc(C#Cc3cccc(O)c3)c(F)c2)C(=O)O1. The molecule has 1 aliphatic heterocycles. The molecule has 0 spiro atoms. The highest BCUT2D eigenvalue weighted by molar-refractivity contribution is 5.90. The Hall–Kier alpha value is -3.53. The van der Waals surface area contributed by atoms with Crippen molar-refractivity contribution in [1.82, 2.24) is 5.32 Å². The second-order valence-electron chi connectivity index (χ2n) is 6.02. The van der Waals surface area contributed by atoms with Crippen molar-refractivity contribution in [3.63, 3.8) is 0 Å². The summed E-state index contributed by atoms with van der Waals surface area (Å²) >= 11 is 0. The van der Waals surface area contributed by atoms with Gasteiger partial charge in [-0.3, -0.25) is 9.69 Å². The van der Waals surface area contributed by atoms with Crippen LogP contribution in [0.2, 0.25) is 0 Å². The first kappa shape index (κ1) is 18.3. The van der Waals surface area contributed by atoms with Crippen molar-refractivity contribution < 1.29 is 23.8 Å². The molecule has 2 N–H and O–H groups in total. The van der Waals surface area contributed by atoms with Crippen molar-refractivity contribution in [1.29, 1.82) is 0 Å². The fourth-order valence-corrected chi connectivity index (χ4v) is 2.59. The molecule has 0 bridgehead atoms. The normalized spacial score (nSPS) is 15.7. The fraction of sp³-hybridized carbons (Fsp3) is 0.200. The maximum atomic E-state index is 14.4. The number of phenolic OH excluding ortho intramolecular Hbond substituents is 1. The van der Waals surface area contributed by atoms with Gasteiger partial charge in [-0.05, 0) is 36.4 Å². The number of amides is 2. The molecule has 1 saturated heterocycles. The van der Waals surface area contributed by atoms with E-state index in [1.54, 1.807) is 18.2 Å². The molecule has 138 valence electrons. The average Bonchev–Trinajstić information content (AvgIpc) is 3.00. The van der Waals surface area contributed by atoms with Crippen molar-refractivity contribution in [2.75, 3.05) is 18.0 Å². The molecule has 1 heterocycles. The van der Waals surface area contributed by atoms with Crippen LogP contribution in [0.25, 0.3) is 0 Å². The molecule has 0 saturated carbocycles. The van der Waals surface area contributed by atoms with Gasteiger partial charge in [0.15, 0.2) is 0 Å². The Morgan fingerprint density at radius 3 is 2.85 bits per heavy atom. The number of rotatable bonds is 3. The number of hydrogen-bond acceptors (Lipinski definition) is 4. The van der Waals surface area contributed by atoms with Gasteiger partial charge < -0.3 is 15.2 Å². The lowest BCUT2D eigenvalue weighted by Crippen LogP contribution is -2.33. The van der Waals surface area contributed by atoms with Crippen LogP contribution in [-0.4, -0.2) is 36.3 Å². The van der Waals surface area contributed by atoms with E-state index >= 15 is 0 Å². The molecular formula is C20H17FN2O4. The van der Waals surface area contributed by atoms with E-state index in [0.29, 0.717) is 11.3 Å². The van der Waals surface area contributed by atoms with Gasteiger partial charge in [0.25, 0.3) is 0 Å². The summed E-state index contributed by atoms with van der Waals surface area (Å²) in [5.74, 6) is 4.78. The van der Waals surface area contributed by atoms with Crippen LogP contribution in [0.5, 0.6) is 5.75 Å². The van der Waals surface area contributed by atoms with Gasteiger partial charge >= 0.3 is 6.09 Å². The Morgan fingerprint density at radius 2 is 2.15 bits per heavy atom. The van der Waals surface area contributed by atoms with Crippen molar-refractivity contribution in [3.8, 4) is 17.6 Å². The van der Waals surface area contributed by atoms with Gasteiger partial charge in [0, 0.05) is 12.5 Å². The number of nitrogens with zero attached hydrogens (tertiary/aromatic N) is 1. The average molecular weight is 368 g/mol. The summed E-state index contributed by atoms with van der Waals surface area (Å²) in [6, 6.07) is 10.6. The molecule has 2 amide bonds. The summed E-state index contributed by atoms with van der Waals surface area (Å²) < 4.78 is 19.5. The van der Waals surface area contributed by atoms with Crippen LogP contribution >= 0.6 is 0 Å². The fourth-order valence-electron chi connectivity index (χ4n) is 2.59. The van der Waals surface area contributed by atoms with Crippen LogP contribution in [0.3, 0.4) is 0 Å². The molecule has 27 heavy (non-hydrogen) atoms. The highest BCUT2D eigenvalue weighted by Gasteiger charge is 2.32. The number of benzene rings is 2. The van der Waals surface area contributed by atoms with Gasteiger partial charge in [-0.1, -0.05) is 17.9 Å². The molecular weight excluding hydrogens is 351 g/mol. The standard InChI is InChI=1S/C20H17FN2O4/c1-13(24)22-11-18-12-23(20(26)27-18)16-8-7-15(19(21)10-16)6-5-14-3-2-4-17(25)9-14/h2-4,7-10,18,25H,11-12H2,1H3,(H,22,24)/t18-/m0/s1. The van der Waals surface area contributed by atoms with Crippen LogP contribution in [0.15, 0.2) is 42.5 Å². The minimum atomic E-state index is -0.594. The van der Waals surface area contributed by atoms with Gasteiger partial charge in [-0.25, -0.2) is 9.18 Å². The highest BCUT2D eigenvalue weighted by Crippen LogP contribution is 2.23. The zero-order valence-electron chi connectivity index (χ0n) is 14.5. The number of aromatic hydroxyl groups is 1. The van der Waals surface area contributed by atoms with Gasteiger partial charge in [0.1, 0.15) is 17.7 Å². The van der Waals surface area contributed by atoms with Crippen LogP contribution in [-0.2, 0) is 9.53 Å². The summed E-state index contributed by atoms with van der Waals surface area (Å²) in [4.78, 5) is 24.2. The van der Waals surface area contributed by atoms with Crippen LogP contribution in [0.4, 0.5) is 14.9 Å². The third kappa shape index (κ3) is 4.55. The molecule has 0 aliphatic carbocycles. The molecule has 2 aromatic carbocycles. The first-order valence-corrected chi connectivity index (χ1v) is 8.25. The lowest BCUT2D eigenvalue weighted by Gasteiger charge is -2.13. The smallest absolute Gasteiger partial charge is 0.414 e. The highest BCUT2D eigenvalue weighted by atomic mass is 19.1. The lowest BCUT2D eigenvalue weighted by molar-refractivity contribution is -0.119. The van der Waals surface area contributed by atoms with Gasteiger partial charge in [0.2, 0.25) is 5.91 Å².